The third-order valence-electron chi connectivity index (χ3n) is 5.17. The van der Waals surface area contributed by atoms with Crippen molar-refractivity contribution in [3.8, 4) is 0 Å². The van der Waals surface area contributed by atoms with Crippen LogP contribution in [0.3, 0.4) is 0 Å². The van der Waals surface area contributed by atoms with E-state index in [1.165, 1.54) is 0 Å². The molecule has 2 aromatic rings. The highest BCUT2D eigenvalue weighted by Crippen LogP contribution is 2.41. The molecule has 0 aromatic heterocycles. The molecule has 160 valence electrons. The van der Waals surface area contributed by atoms with Crippen LogP contribution in [0, 0.1) is 0 Å². The molecule has 2 fully saturated rings. The SMILES string of the molecule is CC1(C)OC[C@]2(OC[C@@H](O)[C@@H](OC(=O)c3ccccc3)[C@@H]2OCc2ccccc2)O1. The summed E-state index contributed by atoms with van der Waals surface area (Å²) in [6.45, 7) is 3.79. The van der Waals surface area contributed by atoms with E-state index in [0.717, 1.165) is 5.56 Å². The molecule has 0 radical (unpaired) electrons. The highest BCUT2D eigenvalue weighted by atomic mass is 16.8. The molecule has 2 saturated heterocycles. The zero-order chi connectivity index (χ0) is 21.2. The Labute approximate surface area is 175 Å². The van der Waals surface area contributed by atoms with Crippen molar-refractivity contribution in [2.75, 3.05) is 13.2 Å². The Morgan fingerprint density at radius 1 is 1.07 bits per heavy atom. The van der Waals surface area contributed by atoms with E-state index in [4.69, 9.17) is 23.7 Å². The predicted octanol–water partition coefficient (Wildman–Crippen LogP) is 2.67. The molecule has 2 aliphatic heterocycles. The zero-order valence-electron chi connectivity index (χ0n) is 17.0. The Morgan fingerprint density at radius 3 is 2.37 bits per heavy atom. The minimum absolute atomic E-state index is 0.0721. The summed E-state index contributed by atoms with van der Waals surface area (Å²) in [6, 6.07) is 18.2. The number of hydrogen-bond donors (Lipinski definition) is 1. The van der Waals surface area contributed by atoms with E-state index in [2.05, 4.69) is 0 Å². The Morgan fingerprint density at radius 2 is 1.73 bits per heavy atom. The minimum Gasteiger partial charge on any atom is -0.453 e. The third kappa shape index (κ3) is 4.40. The lowest BCUT2D eigenvalue weighted by Gasteiger charge is -2.45. The van der Waals surface area contributed by atoms with Gasteiger partial charge in [-0.05, 0) is 31.5 Å². The zero-order valence-corrected chi connectivity index (χ0v) is 17.0. The molecular formula is C23H26O7. The maximum absolute atomic E-state index is 12.7. The lowest BCUT2D eigenvalue weighted by Crippen LogP contribution is -2.64. The number of hydrogen-bond acceptors (Lipinski definition) is 7. The van der Waals surface area contributed by atoms with Gasteiger partial charge in [0.25, 0.3) is 0 Å². The molecule has 4 atom stereocenters. The number of carbonyl (C=O) groups is 1. The van der Waals surface area contributed by atoms with Crippen molar-refractivity contribution in [2.45, 2.75) is 50.3 Å². The first-order valence-corrected chi connectivity index (χ1v) is 9.96. The monoisotopic (exact) mass is 414 g/mol. The Balaban J connectivity index is 1.59. The van der Waals surface area contributed by atoms with Crippen LogP contribution in [-0.2, 0) is 30.3 Å². The first-order valence-electron chi connectivity index (χ1n) is 9.96. The molecule has 2 heterocycles. The minimum atomic E-state index is -1.29. The first-order chi connectivity index (χ1) is 14.4. The molecule has 1 N–H and O–H groups in total. The van der Waals surface area contributed by atoms with Crippen LogP contribution in [0.25, 0.3) is 0 Å². The van der Waals surface area contributed by atoms with E-state index in [0.29, 0.717) is 5.56 Å². The van der Waals surface area contributed by atoms with Gasteiger partial charge < -0.3 is 28.8 Å². The number of ether oxygens (including phenoxy) is 5. The molecule has 0 saturated carbocycles. The second-order valence-electron chi connectivity index (χ2n) is 7.93. The quantitative estimate of drug-likeness (QED) is 0.753. The molecular weight excluding hydrogens is 388 g/mol. The van der Waals surface area contributed by atoms with Crippen molar-refractivity contribution in [1.82, 2.24) is 0 Å². The summed E-state index contributed by atoms with van der Waals surface area (Å²) in [5.74, 6) is -2.74. The highest BCUT2D eigenvalue weighted by Gasteiger charge is 2.60. The summed E-state index contributed by atoms with van der Waals surface area (Å²) in [6.07, 6.45) is -2.96. The Hall–Kier alpha value is -2.29. The molecule has 4 rings (SSSR count). The van der Waals surface area contributed by atoms with Gasteiger partial charge in [-0.25, -0.2) is 4.79 Å². The lowest BCUT2D eigenvalue weighted by molar-refractivity contribution is -0.346. The molecule has 2 aromatic carbocycles. The maximum atomic E-state index is 12.7. The van der Waals surface area contributed by atoms with E-state index in [-0.39, 0.29) is 19.8 Å². The summed E-state index contributed by atoms with van der Waals surface area (Å²) in [5, 5.41) is 10.6. The topological polar surface area (TPSA) is 83.5 Å². The van der Waals surface area contributed by atoms with Crippen molar-refractivity contribution in [3.05, 3.63) is 71.8 Å². The van der Waals surface area contributed by atoms with Gasteiger partial charge in [-0.2, -0.15) is 0 Å². The second-order valence-corrected chi connectivity index (χ2v) is 7.93. The largest absolute Gasteiger partial charge is 0.453 e. The van der Waals surface area contributed by atoms with E-state index in [1.807, 2.05) is 36.4 Å². The number of esters is 1. The molecule has 2 aliphatic rings. The average Bonchev–Trinajstić information content (AvgIpc) is 3.07. The summed E-state index contributed by atoms with van der Waals surface area (Å²) < 4.78 is 29.6. The summed E-state index contributed by atoms with van der Waals surface area (Å²) >= 11 is 0. The van der Waals surface area contributed by atoms with Crippen LogP contribution in [0.4, 0.5) is 0 Å². The number of rotatable bonds is 5. The average molecular weight is 414 g/mol. The van der Waals surface area contributed by atoms with E-state index in [9.17, 15) is 9.90 Å². The van der Waals surface area contributed by atoms with E-state index >= 15 is 0 Å². The molecule has 30 heavy (non-hydrogen) atoms. The number of aliphatic hydroxyl groups excluding tert-OH is 1. The number of aliphatic hydroxyl groups is 1. The molecule has 1 spiro atoms. The molecule has 0 unspecified atom stereocenters. The fraction of sp³-hybridized carbons (Fsp3) is 0.435. The normalized spacial score (nSPS) is 30.3. The highest BCUT2D eigenvalue weighted by molar-refractivity contribution is 5.89. The molecule has 0 aliphatic carbocycles. The molecule has 7 heteroatoms. The molecule has 0 amide bonds. The van der Waals surface area contributed by atoms with Gasteiger partial charge in [-0.15, -0.1) is 0 Å². The van der Waals surface area contributed by atoms with Crippen LogP contribution in [0.15, 0.2) is 60.7 Å². The predicted molar refractivity (Wildman–Crippen MR) is 106 cm³/mol. The molecule has 0 bridgehead atoms. The number of carbonyl (C=O) groups excluding carboxylic acids is 1. The van der Waals surface area contributed by atoms with Crippen LogP contribution < -0.4 is 0 Å². The lowest BCUT2D eigenvalue weighted by atomic mass is 9.96. The maximum Gasteiger partial charge on any atom is 0.338 e. The van der Waals surface area contributed by atoms with Gasteiger partial charge in [0, 0.05) is 0 Å². The summed E-state index contributed by atoms with van der Waals surface area (Å²) in [7, 11) is 0. The van der Waals surface area contributed by atoms with Gasteiger partial charge in [-0.1, -0.05) is 48.5 Å². The van der Waals surface area contributed by atoms with Gasteiger partial charge in [0.2, 0.25) is 5.79 Å². The fourth-order valence-electron chi connectivity index (χ4n) is 3.70. The summed E-state index contributed by atoms with van der Waals surface area (Å²) in [4.78, 5) is 12.7. The van der Waals surface area contributed by atoms with Crippen LogP contribution in [0.5, 0.6) is 0 Å². The standard InChI is InChI=1S/C23H26O7/c1-22(2)28-15-23(30-22)20(26-13-16-9-5-3-6-10-16)19(18(24)14-27-23)29-21(25)17-11-7-4-8-12-17/h3-12,18-20,24H,13-15H2,1-2H3/t18-,19-,20+,23+/m1/s1. The van der Waals surface area contributed by atoms with Crippen molar-refractivity contribution < 1.29 is 33.6 Å². The third-order valence-corrected chi connectivity index (χ3v) is 5.17. The van der Waals surface area contributed by atoms with Crippen LogP contribution in [0.2, 0.25) is 0 Å². The first kappa shape index (κ1) is 21.0. The van der Waals surface area contributed by atoms with Gasteiger partial charge in [0.15, 0.2) is 18.0 Å². The van der Waals surface area contributed by atoms with Gasteiger partial charge in [-0.3, -0.25) is 0 Å². The Kier molecular flexibility index (Phi) is 5.90. The molecule has 7 nitrogen and oxygen atoms in total. The summed E-state index contributed by atoms with van der Waals surface area (Å²) in [5.41, 5.74) is 1.31. The second kappa shape index (κ2) is 8.45. The van der Waals surface area contributed by atoms with Crippen LogP contribution in [-0.4, -0.2) is 54.2 Å². The Bertz CT molecular complexity index is 854. The van der Waals surface area contributed by atoms with Crippen molar-refractivity contribution in [2.24, 2.45) is 0 Å². The van der Waals surface area contributed by atoms with Crippen molar-refractivity contribution >= 4 is 5.97 Å². The van der Waals surface area contributed by atoms with Gasteiger partial charge in [0.1, 0.15) is 12.7 Å². The van der Waals surface area contributed by atoms with Crippen LogP contribution >= 0.6 is 0 Å². The van der Waals surface area contributed by atoms with E-state index < -0.39 is 35.9 Å². The van der Waals surface area contributed by atoms with Crippen molar-refractivity contribution in [3.63, 3.8) is 0 Å². The van der Waals surface area contributed by atoms with Gasteiger partial charge >= 0.3 is 5.97 Å². The fourth-order valence-corrected chi connectivity index (χ4v) is 3.70. The smallest absolute Gasteiger partial charge is 0.338 e. The number of benzene rings is 2. The van der Waals surface area contributed by atoms with Crippen LogP contribution in [0.1, 0.15) is 29.8 Å². The van der Waals surface area contributed by atoms with E-state index in [1.54, 1.807) is 38.1 Å². The van der Waals surface area contributed by atoms with Crippen molar-refractivity contribution in [1.29, 1.82) is 0 Å². The van der Waals surface area contributed by atoms with Gasteiger partial charge in [0.05, 0.1) is 18.8 Å².